The first-order chi connectivity index (χ1) is 9.61. The van der Waals surface area contributed by atoms with Gasteiger partial charge in [-0.2, -0.15) is 4.98 Å². The van der Waals surface area contributed by atoms with Gasteiger partial charge in [-0.15, -0.1) is 0 Å². The van der Waals surface area contributed by atoms with Crippen molar-refractivity contribution < 1.29 is 9.90 Å². The maximum Gasteiger partial charge on any atom is 0.348 e. The van der Waals surface area contributed by atoms with E-state index in [2.05, 4.69) is 11.9 Å². The molecule has 118 valence electrons. The summed E-state index contributed by atoms with van der Waals surface area (Å²) in [5.41, 5.74) is 1.76. The smallest absolute Gasteiger partial charge is 0.348 e. The highest BCUT2D eigenvalue weighted by Crippen LogP contribution is 2.24. The van der Waals surface area contributed by atoms with Gasteiger partial charge in [0.2, 0.25) is 0 Å². The number of aliphatic carboxylic acids is 1. The molecule has 0 fully saturated rings. The van der Waals surface area contributed by atoms with E-state index in [0.29, 0.717) is 12.1 Å². The predicted octanol–water partition coefficient (Wildman–Crippen LogP) is 2.66. The first kappa shape index (κ1) is 17.4. The third-order valence-electron chi connectivity index (χ3n) is 4.06. The molecule has 0 saturated heterocycles. The van der Waals surface area contributed by atoms with Crippen LogP contribution in [0.4, 0.5) is 0 Å². The molecule has 1 aromatic heterocycles. The van der Waals surface area contributed by atoms with Gasteiger partial charge in [0, 0.05) is 16.9 Å². The quantitative estimate of drug-likeness (QED) is 0.875. The van der Waals surface area contributed by atoms with Crippen LogP contribution in [-0.2, 0) is 16.8 Å². The lowest BCUT2D eigenvalue weighted by atomic mass is 9.94. The fraction of sp³-hybridized carbons (Fsp3) is 0.688. The minimum atomic E-state index is -0.834. The Labute approximate surface area is 126 Å². The van der Waals surface area contributed by atoms with Crippen molar-refractivity contribution in [2.75, 3.05) is 0 Å². The number of aryl methyl sites for hydroxylation is 1. The molecule has 1 aromatic rings. The van der Waals surface area contributed by atoms with Crippen LogP contribution in [0, 0.1) is 19.8 Å². The number of nitrogens with zero attached hydrogens (tertiary/aromatic N) is 2. The lowest BCUT2D eigenvalue weighted by Gasteiger charge is -2.30. The van der Waals surface area contributed by atoms with Gasteiger partial charge in [0.15, 0.2) is 0 Å². The largest absolute Gasteiger partial charge is 0.481 e. The third-order valence-corrected chi connectivity index (χ3v) is 4.06. The monoisotopic (exact) mass is 294 g/mol. The van der Waals surface area contributed by atoms with E-state index < -0.39 is 11.9 Å². The Morgan fingerprint density at radius 3 is 2.43 bits per heavy atom. The molecular weight excluding hydrogens is 268 g/mol. The Kier molecular flexibility index (Phi) is 5.31. The molecule has 21 heavy (non-hydrogen) atoms. The maximum absolute atomic E-state index is 12.3. The number of carboxylic acid groups (broad SMARTS) is 1. The molecule has 0 aliphatic carbocycles. The van der Waals surface area contributed by atoms with Crippen molar-refractivity contribution in [1.29, 1.82) is 0 Å². The van der Waals surface area contributed by atoms with E-state index in [-0.39, 0.29) is 11.2 Å². The Morgan fingerprint density at radius 2 is 1.95 bits per heavy atom. The molecule has 0 spiro atoms. The van der Waals surface area contributed by atoms with Crippen LogP contribution < -0.4 is 5.69 Å². The molecule has 1 unspecified atom stereocenters. The number of carboxylic acids is 1. The van der Waals surface area contributed by atoms with Crippen LogP contribution in [0.1, 0.15) is 57.5 Å². The lowest BCUT2D eigenvalue weighted by molar-refractivity contribution is -0.141. The van der Waals surface area contributed by atoms with Crippen molar-refractivity contribution in [2.24, 2.45) is 5.92 Å². The van der Waals surface area contributed by atoms with Crippen LogP contribution in [-0.4, -0.2) is 20.6 Å². The van der Waals surface area contributed by atoms with Crippen LogP contribution in [0.15, 0.2) is 4.79 Å². The standard InChI is InChI=1S/C16H26N2O3/c1-7-8-16(5,6)18-12(4)13(9-10(2)14(19)20)11(3)17-15(18)21/h10H,7-9H2,1-6H3,(H,19,20). The molecule has 0 saturated carbocycles. The summed E-state index contributed by atoms with van der Waals surface area (Å²) < 4.78 is 1.72. The average molecular weight is 294 g/mol. The zero-order valence-corrected chi connectivity index (χ0v) is 13.9. The van der Waals surface area contributed by atoms with Gasteiger partial charge in [-0.3, -0.25) is 9.36 Å². The van der Waals surface area contributed by atoms with Gasteiger partial charge in [-0.05, 0) is 46.1 Å². The molecule has 0 aliphatic heterocycles. The molecule has 0 radical (unpaired) electrons. The first-order valence-electron chi connectivity index (χ1n) is 7.44. The SMILES string of the molecule is CCCC(C)(C)n1c(C)c(CC(C)C(=O)O)c(C)nc1=O. The summed E-state index contributed by atoms with van der Waals surface area (Å²) in [5.74, 6) is -1.33. The summed E-state index contributed by atoms with van der Waals surface area (Å²) in [6.07, 6.45) is 2.22. The van der Waals surface area contributed by atoms with Gasteiger partial charge in [-0.25, -0.2) is 4.79 Å². The molecule has 5 nitrogen and oxygen atoms in total. The molecule has 5 heteroatoms. The number of carbonyl (C=O) groups is 1. The summed E-state index contributed by atoms with van der Waals surface area (Å²) >= 11 is 0. The molecule has 0 aromatic carbocycles. The van der Waals surface area contributed by atoms with Crippen molar-refractivity contribution in [3.63, 3.8) is 0 Å². The number of hydrogen-bond acceptors (Lipinski definition) is 3. The van der Waals surface area contributed by atoms with Crippen LogP contribution in [0.2, 0.25) is 0 Å². The summed E-state index contributed by atoms with van der Waals surface area (Å²) in [6.45, 7) is 11.5. The summed E-state index contributed by atoms with van der Waals surface area (Å²) in [7, 11) is 0. The van der Waals surface area contributed by atoms with Crippen LogP contribution in [0.3, 0.4) is 0 Å². The van der Waals surface area contributed by atoms with Crippen LogP contribution >= 0.6 is 0 Å². The van der Waals surface area contributed by atoms with Crippen LogP contribution in [0.25, 0.3) is 0 Å². The van der Waals surface area contributed by atoms with E-state index in [0.717, 1.165) is 24.1 Å². The van der Waals surface area contributed by atoms with Gasteiger partial charge >= 0.3 is 11.7 Å². The Morgan fingerprint density at radius 1 is 1.38 bits per heavy atom. The maximum atomic E-state index is 12.3. The van der Waals surface area contributed by atoms with E-state index >= 15 is 0 Å². The Bertz CT molecular complexity index is 588. The molecule has 0 aliphatic rings. The molecule has 1 N–H and O–H groups in total. The van der Waals surface area contributed by atoms with Crippen molar-refractivity contribution in [1.82, 2.24) is 9.55 Å². The predicted molar refractivity (Wildman–Crippen MR) is 82.7 cm³/mol. The van der Waals surface area contributed by atoms with Gasteiger partial charge in [0.25, 0.3) is 0 Å². The number of hydrogen-bond donors (Lipinski definition) is 1. The second-order valence-corrected chi connectivity index (χ2v) is 6.39. The highest BCUT2D eigenvalue weighted by Gasteiger charge is 2.26. The van der Waals surface area contributed by atoms with Gasteiger partial charge < -0.3 is 5.11 Å². The zero-order chi connectivity index (χ0) is 16.4. The highest BCUT2D eigenvalue weighted by molar-refractivity contribution is 5.70. The van der Waals surface area contributed by atoms with Crippen molar-refractivity contribution >= 4 is 5.97 Å². The fourth-order valence-electron chi connectivity index (χ4n) is 2.93. The van der Waals surface area contributed by atoms with E-state index in [1.54, 1.807) is 18.4 Å². The zero-order valence-electron chi connectivity index (χ0n) is 13.9. The molecule has 0 bridgehead atoms. The number of aromatic nitrogens is 2. The van der Waals surface area contributed by atoms with Crippen LogP contribution in [0.5, 0.6) is 0 Å². The third kappa shape index (κ3) is 3.71. The number of rotatable bonds is 6. The lowest BCUT2D eigenvalue weighted by Crippen LogP contribution is -2.40. The molecule has 0 amide bonds. The Balaban J connectivity index is 3.42. The fourth-order valence-corrected chi connectivity index (χ4v) is 2.93. The summed E-state index contributed by atoms with van der Waals surface area (Å²) in [5, 5.41) is 9.10. The average Bonchev–Trinajstić information content (AvgIpc) is 2.32. The van der Waals surface area contributed by atoms with Gasteiger partial charge in [-0.1, -0.05) is 20.3 Å². The van der Waals surface area contributed by atoms with Crippen molar-refractivity contribution in [3.8, 4) is 0 Å². The van der Waals surface area contributed by atoms with Gasteiger partial charge in [0.1, 0.15) is 0 Å². The van der Waals surface area contributed by atoms with E-state index in [9.17, 15) is 9.59 Å². The van der Waals surface area contributed by atoms with Crippen molar-refractivity contribution in [2.45, 2.75) is 66.3 Å². The normalized spacial score (nSPS) is 13.2. The second-order valence-electron chi connectivity index (χ2n) is 6.39. The minimum Gasteiger partial charge on any atom is -0.481 e. The summed E-state index contributed by atoms with van der Waals surface area (Å²) in [4.78, 5) is 27.5. The molecule has 1 atom stereocenters. The molecule has 1 heterocycles. The second kappa shape index (κ2) is 6.41. The Hall–Kier alpha value is -1.65. The van der Waals surface area contributed by atoms with Crippen molar-refractivity contribution in [3.05, 3.63) is 27.4 Å². The highest BCUT2D eigenvalue weighted by atomic mass is 16.4. The topological polar surface area (TPSA) is 72.2 Å². The van der Waals surface area contributed by atoms with Gasteiger partial charge in [0.05, 0.1) is 5.92 Å². The summed E-state index contributed by atoms with van der Waals surface area (Å²) in [6, 6.07) is 0. The minimum absolute atomic E-state index is 0.254. The molecular formula is C16H26N2O3. The molecule has 1 rings (SSSR count). The van der Waals surface area contributed by atoms with E-state index in [1.165, 1.54) is 0 Å². The van der Waals surface area contributed by atoms with E-state index in [4.69, 9.17) is 5.11 Å². The van der Waals surface area contributed by atoms with E-state index in [1.807, 2.05) is 20.8 Å². The first-order valence-corrected chi connectivity index (χ1v) is 7.44.